The average Bonchev–Trinajstić information content (AvgIpc) is 2.80. The van der Waals surface area contributed by atoms with Crippen LogP contribution in [0.2, 0.25) is 0 Å². The Bertz CT molecular complexity index is 1040. The van der Waals surface area contributed by atoms with Gasteiger partial charge >= 0.3 is 0 Å². The summed E-state index contributed by atoms with van der Waals surface area (Å²) in [5.74, 6) is -0.476. The normalized spacial score (nSPS) is 18.7. The molecule has 152 valence electrons. The Morgan fingerprint density at radius 3 is 2.47 bits per heavy atom. The number of nitrogens with zero attached hydrogens (tertiary/aromatic N) is 3. The fourth-order valence-corrected chi connectivity index (χ4v) is 4.19. The zero-order valence-corrected chi connectivity index (χ0v) is 16.7. The summed E-state index contributed by atoms with van der Waals surface area (Å²) < 4.78 is 0. The second-order valence-corrected chi connectivity index (χ2v) is 7.84. The molecule has 2 aromatic heterocycles. The molecule has 2 amide bonds. The highest BCUT2D eigenvalue weighted by molar-refractivity contribution is 5.94. The predicted octanol–water partition coefficient (Wildman–Crippen LogP) is 3.09. The van der Waals surface area contributed by atoms with Gasteiger partial charge in [0.15, 0.2) is 0 Å². The number of pyridine rings is 2. The van der Waals surface area contributed by atoms with Gasteiger partial charge in [0.25, 0.3) is 5.91 Å². The molecule has 3 heterocycles. The van der Waals surface area contributed by atoms with E-state index in [1.165, 1.54) is 0 Å². The Morgan fingerprint density at radius 2 is 1.77 bits per heavy atom. The third kappa shape index (κ3) is 4.08. The van der Waals surface area contributed by atoms with E-state index in [1.54, 1.807) is 35.6 Å². The van der Waals surface area contributed by atoms with Crippen molar-refractivity contribution in [2.24, 2.45) is 11.1 Å². The number of hydrogen-bond acceptors (Lipinski definition) is 4. The quantitative estimate of drug-likeness (QED) is 0.713. The number of likely N-dealkylation sites (tertiary alicyclic amines) is 1. The van der Waals surface area contributed by atoms with Gasteiger partial charge < -0.3 is 10.6 Å². The Balaban J connectivity index is 1.59. The predicted molar refractivity (Wildman–Crippen MR) is 114 cm³/mol. The molecule has 0 spiro atoms. The van der Waals surface area contributed by atoms with E-state index < -0.39 is 5.41 Å². The van der Waals surface area contributed by atoms with Gasteiger partial charge in [0.2, 0.25) is 5.91 Å². The summed E-state index contributed by atoms with van der Waals surface area (Å²) in [5, 5.41) is 0. The van der Waals surface area contributed by atoms with E-state index in [-0.39, 0.29) is 11.8 Å². The fourth-order valence-electron chi connectivity index (χ4n) is 4.19. The lowest BCUT2D eigenvalue weighted by atomic mass is 9.74. The van der Waals surface area contributed by atoms with E-state index in [9.17, 15) is 9.59 Å². The SMILES string of the molecule is NC(=O)[C@]1(Cc2cccc(-c3cccnc3)c2)CCCN(C(=O)c2cccnc2)C1. The van der Waals surface area contributed by atoms with Crippen LogP contribution >= 0.6 is 0 Å². The van der Waals surface area contributed by atoms with Crippen LogP contribution in [0, 0.1) is 5.41 Å². The van der Waals surface area contributed by atoms with Crippen molar-refractivity contribution in [2.75, 3.05) is 13.1 Å². The lowest BCUT2D eigenvalue weighted by Gasteiger charge is -2.41. The van der Waals surface area contributed by atoms with E-state index >= 15 is 0 Å². The van der Waals surface area contributed by atoms with Crippen molar-refractivity contribution >= 4 is 11.8 Å². The molecular formula is C24H24N4O2. The summed E-state index contributed by atoms with van der Waals surface area (Å²) in [6.45, 7) is 0.922. The second kappa shape index (κ2) is 8.45. The van der Waals surface area contributed by atoms with Crippen LogP contribution in [0.1, 0.15) is 28.8 Å². The molecule has 30 heavy (non-hydrogen) atoms. The van der Waals surface area contributed by atoms with Crippen LogP contribution in [0.5, 0.6) is 0 Å². The first-order chi connectivity index (χ1) is 14.6. The van der Waals surface area contributed by atoms with Gasteiger partial charge in [-0.2, -0.15) is 0 Å². The first kappa shape index (κ1) is 19.8. The maximum atomic E-state index is 12.9. The van der Waals surface area contributed by atoms with Crippen LogP contribution in [0.3, 0.4) is 0 Å². The highest BCUT2D eigenvalue weighted by atomic mass is 16.2. The van der Waals surface area contributed by atoms with Crippen LogP contribution in [0.15, 0.2) is 73.3 Å². The molecule has 0 radical (unpaired) electrons. The number of benzene rings is 1. The Hall–Kier alpha value is -3.54. The molecule has 0 bridgehead atoms. The smallest absolute Gasteiger partial charge is 0.255 e. The summed E-state index contributed by atoms with van der Waals surface area (Å²) in [7, 11) is 0. The van der Waals surface area contributed by atoms with E-state index in [0.29, 0.717) is 31.5 Å². The monoisotopic (exact) mass is 400 g/mol. The number of piperidine rings is 1. The van der Waals surface area contributed by atoms with E-state index in [4.69, 9.17) is 5.73 Å². The van der Waals surface area contributed by atoms with Crippen LogP contribution in [0.4, 0.5) is 0 Å². The molecule has 1 aromatic carbocycles. The molecule has 3 aromatic rings. The molecule has 1 aliphatic rings. The minimum Gasteiger partial charge on any atom is -0.369 e. The van der Waals surface area contributed by atoms with Gasteiger partial charge in [0, 0.05) is 37.9 Å². The second-order valence-electron chi connectivity index (χ2n) is 7.84. The van der Waals surface area contributed by atoms with Crippen molar-refractivity contribution in [3.63, 3.8) is 0 Å². The van der Waals surface area contributed by atoms with Gasteiger partial charge in [-0.25, -0.2) is 0 Å². The van der Waals surface area contributed by atoms with Crippen molar-refractivity contribution in [2.45, 2.75) is 19.3 Å². The Labute approximate surface area is 175 Å². The molecule has 1 aliphatic heterocycles. The van der Waals surface area contributed by atoms with Crippen molar-refractivity contribution in [1.82, 2.24) is 14.9 Å². The largest absolute Gasteiger partial charge is 0.369 e. The van der Waals surface area contributed by atoms with Crippen molar-refractivity contribution in [3.05, 3.63) is 84.4 Å². The molecule has 0 unspecified atom stereocenters. The van der Waals surface area contributed by atoms with Crippen LogP contribution < -0.4 is 5.73 Å². The lowest BCUT2D eigenvalue weighted by molar-refractivity contribution is -0.130. The molecule has 0 aliphatic carbocycles. The molecule has 0 saturated carbocycles. The summed E-state index contributed by atoms with van der Waals surface area (Å²) in [6.07, 6.45) is 8.64. The molecule has 1 fully saturated rings. The summed E-state index contributed by atoms with van der Waals surface area (Å²) in [5.41, 5.74) is 8.72. The van der Waals surface area contributed by atoms with Gasteiger partial charge in [0.1, 0.15) is 0 Å². The number of rotatable bonds is 5. The molecule has 2 N–H and O–H groups in total. The third-order valence-electron chi connectivity index (χ3n) is 5.76. The van der Waals surface area contributed by atoms with Gasteiger partial charge in [-0.3, -0.25) is 19.6 Å². The molecule has 1 saturated heterocycles. The molecule has 4 rings (SSSR count). The van der Waals surface area contributed by atoms with Crippen LogP contribution in [-0.2, 0) is 11.2 Å². The van der Waals surface area contributed by atoms with E-state index in [0.717, 1.165) is 23.1 Å². The maximum absolute atomic E-state index is 12.9. The fraction of sp³-hybridized carbons (Fsp3) is 0.250. The number of carbonyl (C=O) groups excluding carboxylic acids is 2. The van der Waals surface area contributed by atoms with E-state index in [2.05, 4.69) is 16.0 Å². The number of aromatic nitrogens is 2. The first-order valence-electron chi connectivity index (χ1n) is 10.1. The highest BCUT2D eigenvalue weighted by Gasteiger charge is 2.42. The maximum Gasteiger partial charge on any atom is 0.255 e. The van der Waals surface area contributed by atoms with Crippen molar-refractivity contribution in [1.29, 1.82) is 0 Å². The van der Waals surface area contributed by atoms with Gasteiger partial charge in [-0.1, -0.05) is 30.3 Å². The van der Waals surface area contributed by atoms with E-state index in [1.807, 2.05) is 36.5 Å². The average molecular weight is 400 g/mol. The molecule has 1 atom stereocenters. The van der Waals surface area contributed by atoms with Gasteiger partial charge in [-0.15, -0.1) is 0 Å². The summed E-state index contributed by atoms with van der Waals surface area (Å²) in [6, 6.07) is 15.5. The number of amides is 2. The number of carbonyl (C=O) groups is 2. The summed E-state index contributed by atoms with van der Waals surface area (Å²) in [4.78, 5) is 35.5. The van der Waals surface area contributed by atoms with Gasteiger partial charge in [-0.05, 0) is 54.2 Å². The standard InChI is InChI=1S/C24H24N4O2/c25-23(30)24(9-4-12-28(17-24)22(29)21-8-3-11-27-16-21)14-18-5-1-6-19(13-18)20-7-2-10-26-15-20/h1-3,5-8,10-11,13,15-16H,4,9,12,14,17H2,(H2,25,30)/t24-/m0/s1. The first-order valence-corrected chi connectivity index (χ1v) is 10.1. The Morgan fingerprint density at radius 1 is 1.00 bits per heavy atom. The van der Waals surface area contributed by atoms with Gasteiger partial charge in [0.05, 0.1) is 11.0 Å². The van der Waals surface area contributed by atoms with Crippen molar-refractivity contribution in [3.8, 4) is 11.1 Å². The highest BCUT2D eigenvalue weighted by Crippen LogP contribution is 2.35. The molecule has 6 heteroatoms. The summed E-state index contributed by atoms with van der Waals surface area (Å²) >= 11 is 0. The third-order valence-corrected chi connectivity index (χ3v) is 5.76. The molecular weight excluding hydrogens is 376 g/mol. The van der Waals surface area contributed by atoms with Crippen LogP contribution in [-0.4, -0.2) is 39.8 Å². The van der Waals surface area contributed by atoms with Crippen molar-refractivity contribution < 1.29 is 9.59 Å². The zero-order valence-electron chi connectivity index (χ0n) is 16.7. The number of nitrogens with two attached hydrogens (primary N) is 1. The molecule has 6 nitrogen and oxygen atoms in total. The minimum atomic E-state index is -0.788. The Kier molecular flexibility index (Phi) is 5.57. The lowest BCUT2D eigenvalue weighted by Crippen LogP contribution is -2.53. The number of hydrogen-bond donors (Lipinski definition) is 1. The minimum absolute atomic E-state index is 0.113. The van der Waals surface area contributed by atoms with Crippen LogP contribution in [0.25, 0.3) is 11.1 Å². The zero-order chi connectivity index (χ0) is 21.0. The number of primary amides is 1. The topological polar surface area (TPSA) is 89.2 Å².